The topological polar surface area (TPSA) is 36.4 Å². The van der Waals surface area contributed by atoms with E-state index in [1.807, 2.05) is 42.1 Å². The molecule has 4 heteroatoms. The van der Waals surface area contributed by atoms with Crippen molar-refractivity contribution in [3.8, 4) is 0 Å². The number of fused-ring (bicyclic) bond motifs is 1. The Kier molecular flexibility index (Phi) is 4.86. The number of carbonyl (C=O) groups is 1. The van der Waals surface area contributed by atoms with Crippen molar-refractivity contribution in [3.05, 3.63) is 94.7 Å². The summed E-state index contributed by atoms with van der Waals surface area (Å²) < 4.78 is 0. The van der Waals surface area contributed by atoms with Gasteiger partial charge in [-0.2, -0.15) is 0 Å². The lowest BCUT2D eigenvalue weighted by Gasteiger charge is -2.39. The van der Waals surface area contributed by atoms with E-state index in [2.05, 4.69) is 54.4 Å². The molecule has 142 valence electrons. The molecule has 1 aliphatic heterocycles. The van der Waals surface area contributed by atoms with E-state index in [4.69, 9.17) is 0 Å². The van der Waals surface area contributed by atoms with Gasteiger partial charge in [0.15, 0.2) is 0 Å². The standard InChI is InChI=1S/C24H25N3O/c1-17-9-4-6-11-19(17)22-20-12-7-5-10-18(20)14-16-27(22)24(28)21-13-8-15-25-23(21)26(2)3/h4-13,15,22H,14,16H2,1-3H3. The van der Waals surface area contributed by atoms with Gasteiger partial charge in [0.05, 0.1) is 11.6 Å². The largest absolute Gasteiger partial charge is 0.362 e. The number of aryl methyl sites for hydroxylation is 1. The quantitative estimate of drug-likeness (QED) is 0.691. The summed E-state index contributed by atoms with van der Waals surface area (Å²) in [4.78, 5) is 22.0. The third-order valence-corrected chi connectivity index (χ3v) is 5.47. The van der Waals surface area contributed by atoms with Gasteiger partial charge in [0.1, 0.15) is 5.82 Å². The Morgan fingerprint density at radius 1 is 1.00 bits per heavy atom. The lowest BCUT2D eigenvalue weighted by molar-refractivity contribution is 0.0694. The number of rotatable bonds is 3. The number of hydrogen-bond acceptors (Lipinski definition) is 3. The average Bonchev–Trinajstić information content (AvgIpc) is 2.73. The molecule has 0 fully saturated rings. The summed E-state index contributed by atoms with van der Waals surface area (Å²) in [6.07, 6.45) is 2.60. The van der Waals surface area contributed by atoms with E-state index in [-0.39, 0.29) is 11.9 Å². The maximum atomic E-state index is 13.7. The molecule has 0 bridgehead atoms. The van der Waals surface area contributed by atoms with Gasteiger partial charge in [-0.3, -0.25) is 4.79 Å². The Labute approximate surface area is 166 Å². The van der Waals surface area contributed by atoms with Crippen LogP contribution in [0.1, 0.15) is 38.7 Å². The van der Waals surface area contributed by atoms with Gasteiger partial charge in [-0.05, 0) is 47.7 Å². The molecule has 2 heterocycles. The Bertz CT molecular complexity index is 1010. The van der Waals surface area contributed by atoms with E-state index >= 15 is 0 Å². The van der Waals surface area contributed by atoms with Crippen molar-refractivity contribution in [3.63, 3.8) is 0 Å². The van der Waals surface area contributed by atoms with Gasteiger partial charge in [0.2, 0.25) is 0 Å². The first-order chi connectivity index (χ1) is 13.6. The fourth-order valence-electron chi connectivity index (χ4n) is 4.09. The smallest absolute Gasteiger partial charge is 0.258 e. The summed E-state index contributed by atoms with van der Waals surface area (Å²) in [5.41, 5.74) is 5.55. The van der Waals surface area contributed by atoms with Crippen LogP contribution in [-0.4, -0.2) is 36.4 Å². The molecule has 0 saturated carbocycles. The second-order valence-electron chi connectivity index (χ2n) is 7.48. The predicted octanol–water partition coefficient (Wildman–Crippen LogP) is 4.24. The second-order valence-corrected chi connectivity index (χ2v) is 7.48. The van der Waals surface area contributed by atoms with Crippen molar-refractivity contribution in [1.29, 1.82) is 0 Å². The highest BCUT2D eigenvalue weighted by molar-refractivity contribution is 5.99. The van der Waals surface area contributed by atoms with Crippen molar-refractivity contribution in [2.75, 3.05) is 25.5 Å². The predicted molar refractivity (Wildman–Crippen MR) is 113 cm³/mol. The fraction of sp³-hybridized carbons (Fsp3) is 0.250. The molecule has 1 atom stereocenters. The van der Waals surface area contributed by atoms with Gasteiger partial charge in [0, 0.05) is 26.8 Å². The highest BCUT2D eigenvalue weighted by Crippen LogP contribution is 2.37. The highest BCUT2D eigenvalue weighted by Gasteiger charge is 2.34. The summed E-state index contributed by atoms with van der Waals surface area (Å²) in [6.45, 7) is 2.81. The number of amides is 1. The minimum absolute atomic E-state index is 0.0274. The molecule has 4 nitrogen and oxygen atoms in total. The SMILES string of the molecule is Cc1ccccc1C1c2ccccc2CCN1C(=O)c1cccnc1N(C)C. The van der Waals surface area contributed by atoms with Gasteiger partial charge in [-0.25, -0.2) is 4.98 Å². The minimum atomic E-state index is -0.0890. The summed E-state index contributed by atoms with van der Waals surface area (Å²) in [5, 5.41) is 0. The van der Waals surface area contributed by atoms with Crippen LogP contribution in [0.2, 0.25) is 0 Å². The first kappa shape index (κ1) is 18.2. The maximum Gasteiger partial charge on any atom is 0.258 e. The molecular weight excluding hydrogens is 346 g/mol. The first-order valence-corrected chi connectivity index (χ1v) is 9.64. The number of nitrogens with zero attached hydrogens (tertiary/aromatic N) is 3. The van der Waals surface area contributed by atoms with E-state index in [9.17, 15) is 4.79 Å². The number of aromatic nitrogens is 1. The van der Waals surface area contributed by atoms with Crippen molar-refractivity contribution in [2.24, 2.45) is 0 Å². The molecule has 0 aliphatic carbocycles. The van der Waals surface area contributed by atoms with Crippen LogP contribution in [-0.2, 0) is 6.42 Å². The van der Waals surface area contributed by atoms with Gasteiger partial charge in [0.25, 0.3) is 5.91 Å². The van der Waals surface area contributed by atoms with Crippen LogP contribution in [0.15, 0.2) is 66.9 Å². The molecule has 2 aromatic carbocycles. The highest BCUT2D eigenvalue weighted by atomic mass is 16.2. The molecule has 0 spiro atoms. The van der Waals surface area contributed by atoms with Crippen LogP contribution in [0.3, 0.4) is 0 Å². The van der Waals surface area contributed by atoms with Crippen molar-refractivity contribution in [2.45, 2.75) is 19.4 Å². The first-order valence-electron chi connectivity index (χ1n) is 9.64. The molecule has 1 amide bonds. The zero-order valence-corrected chi connectivity index (χ0v) is 16.6. The van der Waals surface area contributed by atoms with Crippen LogP contribution >= 0.6 is 0 Å². The fourth-order valence-corrected chi connectivity index (χ4v) is 4.09. The van der Waals surface area contributed by atoms with E-state index in [0.29, 0.717) is 17.9 Å². The summed E-state index contributed by atoms with van der Waals surface area (Å²) in [5.74, 6) is 0.731. The van der Waals surface area contributed by atoms with E-state index in [1.165, 1.54) is 22.3 Å². The number of hydrogen-bond donors (Lipinski definition) is 0. The number of benzene rings is 2. The van der Waals surface area contributed by atoms with Gasteiger partial charge in [-0.15, -0.1) is 0 Å². The molecule has 0 saturated heterocycles. The van der Waals surface area contributed by atoms with Crippen LogP contribution in [0.4, 0.5) is 5.82 Å². The molecule has 3 aromatic rings. The molecule has 28 heavy (non-hydrogen) atoms. The van der Waals surface area contributed by atoms with Crippen molar-refractivity contribution in [1.82, 2.24) is 9.88 Å². The molecule has 0 N–H and O–H groups in total. The summed E-state index contributed by atoms with van der Waals surface area (Å²) in [7, 11) is 3.84. The van der Waals surface area contributed by atoms with Crippen LogP contribution in [0.25, 0.3) is 0 Å². The average molecular weight is 371 g/mol. The van der Waals surface area contributed by atoms with Gasteiger partial charge < -0.3 is 9.80 Å². The van der Waals surface area contributed by atoms with Gasteiger partial charge >= 0.3 is 0 Å². The van der Waals surface area contributed by atoms with Crippen molar-refractivity contribution >= 4 is 11.7 Å². The Morgan fingerprint density at radius 3 is 2.46 bits per heavy atom. The monoisotopic (exact) mass is 371 g/mol. The molecule has 1 unspecified atom stereocenters. The minimum Gasteiger partial charge on any atom is -0.362 e. The third kappa shape index (κ3) is 3.15. The third-order valence-electron chi connectivity index (χ3n) is 5.47. The lowest BCUT2D eigenvalue weighted by atomic mass is 9.86. The zero-order valence-electron chi connectivity index (χ0n) is 16.6. The van der Waals surface area contributed by atoms with Crippen LogP contribution in [0, 0.1) is 6.92 Å². The molecule has 1 aromatic heterocycles. The Balaban J connectivity index is 1.84. The van der Waals surface area contributed by atoms with E-state index in [0.717, 1.165) is 6.42 Å². The molecular formula is C24H25N3O. The molecule has 4 rings (SSSR count). The number of carbonyl (C=O) groups excluding carboxylic acids is 1. The van der Waals surface area contributed by atoms with Crippen LogP contribution < -0.4 is 4.90 Å². The normalized spacial score (nSPS) is 15.8. The van der Waals surface area contributed by atoms with E-state index in [1.54, 1.807) is 6.20 Å². The molecule has 0 radical (unpaired) electrons. The Hall–Kier alpha value is -3.14. The maximum absolute atomic E-state index is 13.7. The summed E-state index contributed by atoms with van der Waals surface area (Å²) >= 11 is 0. The number of pyridine rings is 1. The molecule has 1 aliphatic rings. The zero-order chi connectivity index (χ0) is 19.7. The number of anilines is 1. The summed E-state index contributed by atoms with van der Waals surface area (Å²) in [6, 6.07) is 20.4. The van der Waals surface area contributed by atoms with E-state index < -0.39 is 0 Å². The van der Waals surface area contributed by atoms with Crippen LogP contribution in [0.5, 0.6) is 0 Å². The second kappa shape index (κ2) is 7.47. The lowest BCUT2D eigenvalue weighted by Crippen LogP contribution is -2.41. The van der Waals surface area contributed by atoms with Crippen molar-refractivity contribution < 1.29 is 4.79 Å². The van der Waals surface area contributed by atoms with Gasteiger partial charge in [-0.1, -0.05) is 48.5 Å². The Morgan fingerprint density at radius 2 is 1.71 bits per heavy atom.